The van der Waals surface area contributed by atoms with E-state index in [4.69, 9.17) is 4.74 Å². The van der Waals surface area contributed by atoms with Crippen molar-refractivity contribution in [2.75, 3.05) is 10.5 Å². The average Bonchev–Trinajstić information content (AvgIpc) is 3.32. The van der Waals surface area contributed by atoms with Gasteiger partial charge in [-0.05, 0) is 62.0 Å². The molecule has 0 bridgehead atoms. The molecule has 0 fully saturated rings. The molecule has 0 aliphatic heterocycles. The average molecular weight is 542 g/mol. The lowest BCUT2D eigenvalue weighted by Crippen LogP contribution is -2.21. The number of fused-ring (bicyclic) bond motifs is 1. The Morgan fingerprint density at radius 2 is 1.86 bits per heavy atom. The Balaban J connectivity index is 1.82. The number of benzene rings is 2. The summed E-state index contributed by atoms with van der Waals surface area (Å²) in [5, 5.41) is 0.611. The molecule has 3 N–H and O–H groups in total. The highest BCUT2D eigenvalue weighted by Crippen LogP contribution is 2.39. The summed E-state index contributed by atoms with van der Waals surface area (Å²) < 4.78 is 49.3. The Hall–Kier alpha value is -3.67. The smallest absolute Gasteiger partial charge is 0.274 e. The quantitative estimate of drug-likeness (QED) is 0.273. The third-order valence-electron chi connectivity index (χ3n) is 5.68. The van der Waals surface area contributed by atoms with E-state index in [-0.39, 0.29) is 22.8 Å². The van der Waals surface area contributed by atoms with Gasteiger partial charge in [0.25, 0.3) is 5.56 Å². The van der Waals surface area contributed by atoms with Crippen LogP contribution in [0.3, 0.4) is 0 Å². The number of halogens is 1. The van der Waals surface area contributed by atoms with Crippen LogP contribution in [0.2, 0.25) is 13.1 Å². The number of ether oxygens (including phenoxy) is 1. The zero-order valence-electron chi connectivity index (χ0n) is 20.9. The van der Waals surface area contributed by atoms with Gasteiger partial charge in [-0.2, -0.15) is 0 Å². The molecule has 0 amide bonds. The second-order valence-electron chi connectivity index (χ2n) is 9.22. The van der Waals surface area contributed by atoms with Crippen molar-refractivity contribution in [1.29, 1.82) is 0 Å². The van der Waals surface area contributed by atoms with Crippen LogP contribution >= 0.6 is 0 Å². The summed E-state index contributed by atoms with van der Waals surface area (Å²) in [6.07, 6.45) is 4.94. The topological polar surface area (TPSA) is 113 Å². The number of nitrogens with one attached hydrogen (secondary N) is 2. The second-order valence-corrected chi connectivity index (χ2v) is 14.9. The SMILES string of the molecule is CCS(=O)(=O)Nc1ccc(Oc2ccc(C=C[Si](C)(C)O)cc2F)c(-c2cn(C)c(=O)c3[nH]ccc23)c1. The molecular weight excluding hydrogens is 513 g/mol. The van der Waals surface area contributed by atoms with Gasteiger partial charge in [-0.15, -0.1) is 0 Å². The third kappa shape index (κ3) is 6.01. The monoisotopic (exact) mass is 541 g/mol. The predicted octanol–water partition coefficient (Wildman–Crippen LogP) is 4.98. The van der Waals surface area contributed by atoms with Crippen LogP contribution in [-0.2, 0) is 17.1 Å². The van der Waals surface area contributed by atoms with Crippen molar-refractivity contribution in [3.05, 3.63) is 82.3 Å². The first-order valence-corrected chi connectivity index (χ1v) is 16.3. The zero-order valence-corrected chi connectivity index (χ0v) is 22.7. The van der Waals surface area contributed by atoms with Crippen molar-refractivity contribution in [3.63, 3.8) is 0 Å². The van der Waals surface area contributed by atoms with Crippen LogP contribution in [0.1, 0.15) is 12.5 Å². The first-order chi connectivity index (χ1) is 17.4. The Morgan fingerprint density at radius 3 is 2.54 bits per heavy atom. The molecule has 4 aromatic rings. The maximum absolute atomic E-state index is 15.0. The van der Waals surface area contributed by atoms with E-state index in [2.05, 4.69) is 9.71 Å². The van der Waals surface area contributed by atoms with Crippen molar-refractivity contribution in [1.82, 2.24) is 9.55 Å². The van der Waals surface area contributed by atoms with Gasteiger partial charge >= 0.3 is 0 Å². The molecule has 2 aromatic heterocycles. The number of rotatable bonds is 8. The van der Waals surface area contributed by atoms with E-state index >= 15 is 4.39 Å². The lowest BCUT2D eigenvalue weighted by molar-refractivity contribution is 0.443. The molecule has 4 rings (SSSR count). The third-order valence-corrected chi connectivity index (χ3v) is 7.97. The van der Waals surface area contributed by atoms with Gasteiger partial charge in [0.15, 0.2) is 11.6 Å². The second kappa shape index (κ2) is 10.00. The summed E-state index contributed by atoms with van der Waals surface area (Å²) in [6.45, 7) is 5.04. The number of hydrogen-bond acceptors (Lipinski definition) is 5. The van der Waals surface area contributed by atoms with Gasteiger partial charge in [0.2, 0.25) is 18.3 Å². The van der Waals surface area contributed by atoms with Crippen molar-refractivity contribution < 1.29 is 22.3 Å². The number of nitrogens with zero attached hydrogens (tertiary/aromatic N) is 1. The lowest BCUT2D eigenvalue weighted by Gasteiger charge is -2.16. The van der Waals surface area contributed by atoms with Gasteiger partial charge < -0.3 is 19.1 Å². The van der Waals surface area contributed by atoms with E-state index in [1.165, 1.54) is 29.7 Å². The molecule has 2 heterocycles. The van der Waals surface area contributed by atoms with E-state index in [0.29, 0.717) is 33.3 Å². The van der Waals surface area contributed by atoms with Gasteiger partial charge in [0, 0.05) is 41.6 Å². The van der Waals surface area contributed by atoms with Gasteiger partial charge in [-0.1, -0.05) is 17.8 Å². The molecule has 0 aliphatic rings. The molecule has 8 nitrogen and oxygen atoms in total. The fourth-order valence-corrected chi connectivity index (χ4v) is 4.98. The van der Waals surface area contributed by atoms with Crippen molar-refractivity contribution >= 4 is 41.0 Å². The van der Waals surface area contributed by atoms with E-state index in [0.717, 1.165) is 0 Å². The van der Waals surface area contributed by atoms with Crippen LogP contribution in [-0.4, -0.2) is 36.8 Å². The van der Waals surface area contributed by atoms with Crippen molar-refractivity contribution in [3.8, 4) is 22.6 Å². The highest BCUT2D eigenvalue weighted by atomic mass is 32.2. The van der Waals surface area contributed by atoms with E-state index in [1.54, 1.807) is 68.6 Å². The Bertz CT molecular complexity index is 1670. The number of anilines is 1. The van der Waals surface area contributed by atoms with Crippen LogP contribution in [0.5, 0.6) is 11.5 Å². The molecule has 0 aliphatic carbocycles. The number of H-pyrrole nitrogens is 1. The van der Waals surface area contributed by atoms with Crippen LogP contribution in [0, 0.1) is 5.82 Å². The van der Waals surface area contributed by atoms with Gasteiger partial charge in [-0.3, -0.25) is 9.52 Å². The van der Waals surface area contributed by atoms with Crippen molar-refractivity contribution in [2.45, 2.75) is 20.0 Å². The maximum atomic E-state index is 15.0. The Morgan fingerprint density at radius 1 is 1.14 bits per heavy atom. The van der Waals surface area contributed by atoms with E-state index < -0.39 is 24.2 Å². The largest absolute Gasteiger partial charge is 0.454 e. The summed E-state index contributed by atoms with van der Waals surface area (Å²) >= 11 is 0. The number of aryl methyl sites for hydroxylation is 1. The minimum Gasteiger partial charge on any atom is -0.454 e. The van der Waals surface area contributed by atoms with Gasteiger partial charge in [-0.25, -0.2) is 12.8 Å². The first-order valence-electron chi connectivity index (χ1n) is 11.6. The Labute approximate surface area is 215 Å². The number of hydrogen-bond donors (Lipinski definition) is 3. The first kappa shape index (κ1) is 26.4. The molecule has 0 unspecified atom stereocenters. The normalized spacial score (nSPS) is 12.4. The molecule has 0 atom stereocenters. The maximum Gasteiger partial charge on any atom is 0.274 e. The number of aromatic amines is 1. The molecule has 0 spiro atoms. The highest BCUT2D eigenvalue weighted by molar-refractivity contribution is 7.92. The Kier molecular flexibility index (Phi) is 7.13. The van der Waals surface area contributed by atoms with Crippen LogP contribution in [0.4, 0.5) is 10.1 Å². The number of aromatic nitrogens is 2. The molecule has 0 saturated carbocycles. The summed E-state index contributed by atoms with van der Waals surface area (Å²) in [5.41, 5.74) is 3.79. The molecule has 11 heteroatoms. The van der Waals surface area contributed by atoms with Crippen LogP contribution < -0.4 is 15.0 Å². The van der Waals surface area contributed by atoms with Crippen LogP contribution in [0.15, 0.2) is 65.4 Å². The summed E-state index contributed by atoms with van der Waals surface area (Å²) in [4.78, 5) is 25.5. The van der Waals surface area contributed by atoms with E-state index in [9.17, 15) is 18.0 Å². The lowest BCUT2D eigenvalue weighted by atomic mass is 10.0. The fourth-order valence-electron chi connectivity index (χ4n) is 3.75. The van der Waals surface area contributed by atoms with Gasteiger partial charge in [0.1, 0.15) is 11.3 Å². The molecule has 2 aromatic carbocycles. The minimum atomic E-state index is -3.55. The number of pyridine rings is 1. The number of sulfonamides is 1. The van der Waals surface area contributed by atoms with E-state index in [1.807, 2.05) is 0 Å². The van der Waals surface area contributed by atoms with Gasteiger partial charge in [0.05, 0.1) is 5.75 Å². The molecule has 194 valence electrons. The molecule has 0 saturated heterocycles. The summed E-state index contributed by atoms with van der Waals surface area (Å²) in [5.74, 6) is -0.471. The summed E-state index contributed by atoms with van der Waals surface area (Å²) in [6, 6.07) is 10.9. The molecule has 37 heavy (non-hydrogen) atoms. The van der Waals surface area contributed by atoms with Crippen molar-refractivity contribution in [2.24, 2.45) is 7.05 Å². The zero-order chi connectivity index (χ0) is 27.0. The minimum absolute atomic E-state index is 0.0316. The standard InChI is InChI=1S/C26H28FN3O5SSi/c1-5-36(32,33)29-18-7-9-23(35-24-8-6-17(14-22(24)27)11-13-37(3,4)34)20(15-18)21-16-30(2)26(31)25-19(21)10-12-28-25/h6-16,28-29,34H,5H2,1-4H3. The fraction of sp³-hybridized carbons (Fsp3) is 0.192. The highest BCUT2D eigenvalue weighted by Gasteiger charge is 2.18. The van der Waals surface area contributed by atoms with Crippen LogP contribution in [0.25, 0.3) is 28.1 Å². The predicted molar refractivity (Wildman–Crippen MR) is 147 cm³/mol. The molecular formula is C26H28FN3O5SSi. The molecule has 0 radical (unpaired) electrons. The summed E-state index contributed by atoms with van der Waals surface area (Å²) in [7, 11) is -4.38.